The highest BCUT2D eigenvalue weighted by Gasteiger charge is 2.12. The van der Waals surface area contributed by atoms with Crippen molar-refractivity contribution in [1.82, 2.24) is 5.43 Å². The molecule has 1 aromatic heterocycles. The number of benzene rings is 3. The first-order chi connectivity index (χ1) is 15.5. The number of hydrogen-bond acceptors (Lipinski definition) is 6. The highest BCUT2D eigenvalue weighted by Crippen LogP contribution is 2.28. The molecule has 1 N–H and O–H groups in total. The molecular formula is C23H16ClN3O4S. The van der Waals surface area contributed by atoms with Crippen LogP contribution in [0, 0.1) is 10.1 Å². The molecule has 0 saturated carbocycles. The molecule has 0 unspecified atom stereocenters. The van der Waals surface area contributed by atoms with Crippen molar-refractivity contribution in [3.8, 4) is 5.75 Å². The van der Waals surface area contributed by atoms with Gasteiger partial charge in [0.25, 0.3) is 11.6 Å². The smallest absolute Gasteiger partial charge is 0.281 e. The van der Waals surface area contributed by atoms with Gasteiger partial charge in [0, 0.05) is 27.2 Å². The number of non-ortho nitro benzene ring substituents is 1. The Labute approximate surface area is 192 Å². The molecule has 0 atom stereocenters. The van der Waals surface area contributed by atoms with E-state index >= 15 is 0 Å². The van der Waals surface area contributed by atoms with Crippen LogP contribution in [0.25, 0.3) is 10.1 Å². The fourth-order valence-corrected chi connectivity index (χ4v) is 3.93. The van der Waals surface area contributed by atoms with E-state index in [1.54, 1.807) is 12.1 Å². The van der Waals surface area contributed by atoms with Gasteiger partial charge in [0.1, 0.15) is 12.4 Å². The second kappa shape index (κ2) is 9.59. The molecule has 0 spiro atoms. The quantitative estimate of drug-likeness (QED) is 0.212. The van der Waals surface area contributed by atoms with E-state index in [9.17, 15) is 14.9 Å². The van der Waals surface area contributed by atoms with Crippen LogP contribution in [-0.2, 0) is 6.61 Å². The summed E-state index contributed by atoms with van der Waals surface area (Å²) in [4.78, 5) is 23.2. The number of rotatable bonds is 7. The van der Waals surface area contributed by atoms with Crippen LogP contribution in [0.5, 0.6) is 5.75 Å². The molecule has 0 aliphatic heterocycles. The van der Waals surface area contributed by atoms with Gasteiger partial charge in [0.05, 0.1) is 16.0 Å². The normalized spacial score (nSPS) is 11.0. The number of ether oxygens (including phenoxy) is 1. The van der Waals surface area contributed by atoms with Gasteiger partial charge in [-0.15, -0.1) is 11.3 Å². The van der Waals surface area contributed by atoms with Crippen molar-refractivity contribution in [2.75, 3.05) is 0 Å². The van der Waals surface area contributed by atoms with Crippen molar-refractivity contribution in [2.45, 2.75) is 6.61 Å². The lowest BCUT2D eigenvalue weighted by Gasteiger charge is -2.06. The monoisotopic (exact) mass is 465 g/mol. The summed E-state index contributed by atoms with van der Waals surface area (Å²) in [6.07, 6.45) is 1.53. The molecule has 0 aliphatic rings. The molecule has 0 bridgehead atoms. The molecule has 160 valence electrons. The van der Waals surface area contributed by atoms with Crippen LogP contribution in [0.15, 0.2) is 77.9 Å². The van der Waals surface area contributed by atoms with Gasteiger partial charge in [-0.3, -0.25) is 14.9 Å². The van der Waals surface area contributed by atoms with Crippen molar-refractivity contribution >= 4 is 50.8 Å². The van der Waals surface area contributed by atoms with E-state index in [4.69, 9.17) is 16.3 Å². The number of nitrogens with one attached hydrogen (secondary N) is 1. The summed E-state index contributed by atoms with van der Waals surface area (Å²) in [6.45, 7) is 0.430. The fraction of sp³-hybridized carbons (Fsp3) is 0.0435. The number of thiophene rings is 1. The minimum absolute atomic E-state index is 0.0131. The number of nitro benzene ring substituents is 1. The predicted octanol–water partition coefficient (Wildman–Crippen LogP) is 5.81. The van der Waals surface area contributed by atoms with Crippen molar-refractivity contribution < 1.29 is 14.5 Å². The molecule has 4 aromatic rings. The zero-order chi connectivity index (χ0) is 22.5. The number of hydrogen-bond donors (Lipinski definition) is 1. The molecular weight excluding hydrogens is 450 g/mol. The second-order valence-electron chi connectivity index (χ2n) is 6.77. The fourth-order valence-electron chi connectivity index (χ4n) is 2.87. The molecule has 7 nitrogen and oxygen atoms in total. The van der Waals surface area contributed by atoms with Gasteiger partial charge in [0.15, 0.2) is 0 Å². The summed E-state index contributed by atoms with van der Waals surface area (Å²) in [5, 5.41) is 16.2. The Bertz CT molecular complexity index is 1300. The minimum atomic E-state index is -0.463. The molecule has 9 heteroatoms. The van der Waals surface area contributed by atoms with Gasteiger partial charge >= 0.3 is 0 Å². The number of halogens is 1. The Morgan fingerprint density at radius 1 is 1.09 bits per heavy atom. The summed E-state index contributed by atoms with van der Waals surface area (Å²) in [7, 11) is 0. The third-order valence-electron chi connectivity index (χ3n) is 4.51. The molecule has 32 heavy (non-hydrogen) atoms. The van der Waals surface area contributed by atoms with Crippen LogP contribution in [0.3, 0.4) is 0 Å². The van der Waals surface area contributed by atoms with E-state index in [2.05, 4.69) is 10.5 Å². The maximum atomic E-state index is 12.3. The van der Waals surface area contributed by atoms with Crippen LogP contribution in [0.4, 0.5) is 5.69 Å². The first kappa shape index (κ1) is 21.5. The van der Waals surface area contributed by atoms with Gasteiger partial charge in [-0.05, 0) is 59.7 Å². The van der Waals surface area contributed by atoms with Gasteiger partial charge < -0.3 is 4.74 Å². The Kier molecular flexibility index (Phi) is 6.44. The van der Waals surface area contributed by atoms with E-state index in [1.165, 1.54) is 29.7 Å². The number of carbonyl (C=O) groups excluding carboxylic acids is 1. The largest absolute Gasteiger partial charge is 0.489 e. The van der Waals surface area contributed by atoms with Crippen molar-refractivity contribution in [3.05, 3.63) is 104 Å². The third-order valence-corrected chi connectivity index (χ3v) is 5.88. The zero-order valence-corrected chi connectivity index (χ0v) is 18.1. The number of nitro groups is 1. The SMILES string of the molecule is O=C(N/N=C\c1ccc(OCc2ccc(Cl)cc2)cc1)c1cc2cc([N+](=O)[O-])ccc2s1. The van der Waals surface area contributed by atoms with Crippen LogP contribution in [0.2, 0.25) is 5.02 Å². The molecule has 1 heterocycles. The molecule has 4 rings (SSSR count). The number of fused-ring (bicyclic) bond motifs is 1. The maximum absolute atomic E-state index is 12.3. The highest BCUT2D eigenvalue weighted by atomic mass is 35.5. The first-order valence-electron chi connectivity index (χ1n) is 9.47. The summed E-state index contributed by atoms with van der Waals surface area (Å²) in [6, 6.07) is 20.8. The lowest BCUT2D eigenvalue weighted by atomic mass is 10.2. The topological polar surface area (TPSA) is 93.8 Å². The van der Waals surface area contributed by atoms with Crippen molar-refractivity contribution in [3.63, 3.8) is 0 Å². The Balaban J connectivity index is 1.33. The van der Waals surface area contributed by atoms with Crippen LogP contribution in [-0.4, -0.2) is 17.0 Å². The van der Waals surface area contributed by atoms with E-state index in [1.807, 2.05) is 48.5 Å². The van der Waals surface area contributed by atoms with Gasteiger partial charge in [-0.1, -0.05) is 23.7 Å². The predicted molar refractivity (Wildman–Crippen MR) is 126 cm³/mol. The first-order valence-corrected chi connectivity index (χ1v) is 10.7. The number of nitrogens with zero attached hydrogens (tertiary/aromatic N) is 2. The van der Waals surface area contributed by atoms with E-state index in [-0.39, 0.29) is 11.6 Å². The van der Waals surface area contributed by atoms with E-state index < -0.39 is 4.92 Å². The molecule has 0 saturated heterocycles. The van der Waals surface area contributed by atoms with Gasteiger partial charge in [0.2, 0.25) is 0 Å². The molecule has 3 aromatic carbocycles. The van der Waals surface area contributed by atoms with Gasteiger partial charge in [-0.2, -0.15) is 5.10 Å². The zero-order valence-electron chi connectivity index (χ0n) is 16.5. The number of hydrazone groups is 1. The molecule has 1 amide bonds. The summed E-state index contributed by atoms with van der Waals surface area (Å²) in [5.74, 6) is 0.327. The third kappa shape index (κ3) is 5.29. The van der Waals surface area contributed by atoms with Crippen LogP contribution < -0.4 is 10.2 Å². The average molecular weight is 466 g/mol. The molecule has 0 aliphatic carbocycles. The number of carbonyl (C=O) groups is 1. The minimum Gasteiger partial charge on any atom is -0.489 e. The summed E-state index contributed by atoms with van der Waals surface area (Å²) < 4.78 is 6.53. The summed E-state index contributed by atoms with van der Waals surface area (Å²) in [5.41, 5.74) is 4.26. The van der Waals surface area contributed by atoms with Crippen molar-refractivity contribution in [2.24, 2.45) is 5.10 Å². The van der Waals surface area contributed by atoms with Crippen LogP contribution in [0.1, 0.15) is 20.8 Å². The molecule has 0 fully saturated rings. The maximum Gasteiger partial charge on any atom is 0.281 e. The Morgan fingerprint density at radius 3 is 2.56 bits per heavy atom. The summed E-state index contributed by atoms with van der Waals surface area (Å²) >= 11 is 7.12. The lowest BCUT2D eigenvalue weighted by Crippen LogP contribution is -2.16. The second-order valence-corrected chi connectivity index (χ2v) is 8.29. The average Bonchev–Trinajstić information content (AvgIpc) is 3.23. The standard InChI is InChI=1S/C23H16ClN3O4S/c24-18-5-1-16(2-6-18)14-31-20-8-3-15(4-9-20)13-25-26-23(28)22-12-17-11-19(27(29)30)7-10-21(17)32-22/h1-13H,14H2,(H,26,28)/b25-13-. The van der Waals surface area contributed by atoms with Crippen molar-refractivity contribution in [1.29, 1.82) is 0 Å². The highest BCUT2D eigenvalue weighted by molar-refractivity contribution is 7.20. The van der Waals surface area contributed by atoms with Gasteiger partial charge in [-0.25, -0.2) is 5.43 Å². The Hall–Kier alpha value is -3.75. The lowest BCUT2D eigenvalue weighted by molar-refractivity contribution is -0.384. The van der Waals surface area contributed by atoms with Crippen LogP contribution >= 0.6 is 22.9 Å². The van der Waals surface area contributed by atoms with E-state index in [0.717, 1.165) is 15.8 Å². The molecule has 0 radical (unpaired) electrons. The number of amides is 1. The Morgan fingerprint density at radius 2 is 1.84 bits per heavy atom. The van der Waals surface area contributed by atoms with E-state index in [0.29, 0.717) is 27.6 Å².